The van der Waals surface area contributed by atoms with Gasteiger partial charge in [-0.05, 0) is 45.7 Å². The van der Waals surface area contributed by atoms with Crippen LogP contribution in [-0.4, -0.2) is 43.9 Å². The average molecular weight is 349 g/mol. The molecule has 0 saturated carbocycles. The molecule has 138 valence electrons. The van der Waals surface area contributed by atoms with E-state index in [-0.39, 0.29) is 6.04 Å². The van der Waals surface area contributed by atoms with E-state index >= 15 is 0 Å². The highest BCUT2D eigenvalue weighted by atomic mass is 16.6. The third-order valence-electron chi connectivity index (χ3n) is 3.93. The van der Waals surface area contributed by atoms with Gasteiger partial charge in [-0.2, -0.15) is 0 Å². The Morgan fingerprint density at radius 2 is 2.04 bits per heavy atom. The third-order valence-corrected chi connectivity index (χ3v) is 3.93. The quantitative estimate of drug-likeness (QED) is 0.643. The number of nitrogens with zero attached hydrogens (tertiary/aromatic N) is 1. The number of hydrogen-bond acceptors (Lipinski definition) is 6. The van der Waals surface area contributed by atoms with Gasteiger partial charge in [-0.25, -0.2) is 9.59 Å². The van der Waals surface area contributed by atoms with Crippen LogP contribution in [0.25, 0.3) is 0 Å². The van der Waals surface area contributed by atoms with Gasteiger partial charge >= 0.3 is 12.1 Å². The number of anilines is 2. The topological polar surface area (TPSA) is 93.9 Å². The summed E-state index contributed by atoms with van der Waals surface area (Å²) in [6.07, 6.45) is 1.28. The number of rotatable bonds is 3. The van der Waals surface area contributed by atoms with Crippen LogP contribution in [-0.2, 0) is 9.47 Å². The van der Waals surface area contributed by atoms with Crippen molar-refractivity contribution in [1.82, 2.24) is 5.32 Å². The van der Waals surface area contributed by atoms with Crippen LogP contribution in [0.3, 0.4) is 0 Å². The number of nitrogen functional groups attached to an aromatic ring is 1. The molecule has 1 heterocycles. The Hall–Kier alpha value is -2.44. The molecule has 0 aliphatic carbocycles. The van der Waals surface area contributed by atoms with Crippen molar-refractivity contribution >= 4 is 23.4 Å². The van der Waals surface area contributed by atoms with E-state index in [9.17, 15) is 9.59 Å². The van der Waals surface area contributed by atoms with E-state index in [0.717, 1.165) is 19.4 Å². The highest BCUT2D eigenvalue weighted by Gasteiger charge is 2.27. The van der Waals surface area contributed by atoms with E-state index in [0.29, 0.717) is 23.5 Å². The van der Waals surface area contributed by atoms with Crippen molar-refractivity contribution in [1.29, 1.82) is 0 Å². The van der Waals surface area contributed by atoms with Crippen LogP contribution in [0.5, 0.6) is 0 Å². The lowest BCUT2D eigenvalue weighted by molar-refractivity contribution is 0.0498. The van der Waals surface area contributed by atoms with Gasteiger partial charge in [0.05, 0.1) is 24.0 Å². The van der Waals surface area contributed by atoms with Crippen LogP contribution in [0.2, 0.25) is 0 Å². The van der Waals surface area contributed by atoms with Crippen LogP contribution in [0.1, 0.15) is 44.0 Å². The Labute approximate surface area is 148 Å². The summed E-state index contributed by atoms with van der Waals surface area (Å²) in [5.74, 6) is -0.426. The number of amides is 1. The number of hydrogen-bond donors (Lipinski definition) is 2. The zero-order chi connectivity index (χ0) is 18.6. The molecule has 1 unspecified atom stereocenters. The molecule has 0 aromatic heterocycles. The van der Waals surface area contributed by atoms with Crippen molar-refractivity contribution in [3.05, 3.63) is 23.8 Å². The molecular weight excluding hydrogens is 322 g/mol. The van der Waals surface area contributed by atoms with Crippen molar-refractivity contribution in [3.63, 3.8) is 0 Å². The fraction of sp³-hybridized carbons (Fsp3) is 0.556. The molecule has 1 fully saturated rings. The number of methoxy groups -OCH3 is 1. The van der Waals surface area contributed by atoms with Gasteiger partial charge < -0.3 is 25.4 Å². The van der Waals surface area contributed by atoms with Gasteiger partial charge in [0.15, 0.2) is 0 Å². The van der Waals surface area contributed by atoms with E-state index < -0.39 is 17.7 Å². The van der Waals surface area contributed by atoms with E-state index in [1.165, 1.54) is 7.11 Å². The second-order valence-corrected chi connectivity index (χ2v) is 7.17. The fourth-order valence-corrected chi connectivity index (χ4v) is 2.96. The first-order chi connectivity index (χ1) is 11.7. The first kappa shape index (κ1) is 18.9. The lowest BCUT2D eigenvalue weighted by Gasteiger charge is -2.36. The number of ether oxygens (including phenoxy) is 2. The molecule has 3 N–H and O–H groups in total. The number of para-hydroxylation sites is 1. The van der Waals surface area contributed by atoms with Gasteiger partial charge in [-0.1, -0.05) is 6.07 Å². The van der Waals surface area contributed by atoms with Crippen LogP contribution in [0.4, 0.5) is 16.2 Å². The maximum Gasteiger partial charge on any atom is 0.407 e. The lowest BCUT2D eigenvalue weighted by atomic mass is 10.0. The summed E-state index contributed by atoms with van der Waals surface area (Å²) in [4.78, 5) is 26.1. The first-order valence-electron chi connectivity index (χ1n) is 8.42. The Bertz CT molecular complexity index is 640. The van der Waals surface area contributed by atoms with Crippen molar-refractivity contribution in [2.45, 2.75) is 45.3 Å². The highest BCUT2D eigenvalue weighted by Crippen LogP contribution is 2.31. The van der Waals surface area contributed by atoms with Crippen molar-refractivity contribution in [3.8, 4) is 0 Å². The van der Waals surface area contributed by atoms with Gasteiger partial charge in [0.25, 0.3) is 0 Å². The SMILES string of the molecule is COC(=O)c1cccc(N)c1N1CCCC(NC(=O)OC(C)(C)C)C1. The van der Waals surface area contributed by atoms with Gasteiger partial charge in [0.1, 0.15) is 5.60 Å². The minimum absolute atomic E-state index is 0.0753. The fourth-order valence-electron chi connectivity index (χ4n) is 2.96. The zero-order valence-corrected chi connectivity index (χ0v) is 15.3. The normalized spacial score (nSPS) is 17.8. The summed E-state index contributed by atoms with van der Waals surface area (Å²) >= 11 is 0. The Morgan fingerprint density at radius 1 is 1.32 bits per heavy atom. The molecule has 0 spiro atoms. The molecule has 7 nitrogen and oxygen atoms in total. The minimum Gasteiger partial charge on any atom is -0.465 e. The summed E-state index contributed by atoms with van der Waals surface area (Å²) < 4.78 is 10.2. The zero-order valence-electron chi connectivity index (χ0n) is 15.3. The molecule has 1 aromatic rings. The second-order valence-electron chi connectivity index (χ2n) is 7.17. The number of alkyl carbamates (subject to hydrolysis) is 1. The van der Waals surface area contributed by atoms with Crippen molar-refractivity contribution in [2.24, 2.45) is 0 Å². The van der Waals surface area contributed by atoms with E-state index in [4.69, 9.17) is 15.2 Å². The number of piperidine rings is 1. The summed E-state index contributed by atoms with van der Waals surface area (Å²) in [6.45, 7) is 6.79. The molecule has 1 aliphatic heterocycles. The number of benzene rings is 1. The number of nitrogens with one attached hydrogen (secondary N) is 1. The second kappa shape index (κ2) is 7.63. The maximum atomic E-state index is 12.1. The molecule has 7 heteroatoms. The predicted molar refractivity (Wildman–Crippen MR) is 96.8 cm³/mol. The summed E-state index contributed by atoms with van der Waals surface area (Å²) in [5.41, 5.74) is 7.17. The van der Waals surface area contributed by atoms with Gasteiger partial charge in [0.2, 0.25) is 0 Å². The van der Waals surface area contributed by atoms with Crippen LogP contribution in [0, 0.1) is 0 Å². The van der Waals surface area contributed by atoms with Gasteiger partial charge in [-0.3, -0.25) is 0 Å². The largest absolute Gasteiger partial charge is 0.465 e. The molecule has 1 aliphatic rings. The van der Waals surface area contributed by atoms with Crippen LogP contribution >= 0.6 is 0 Å². The molecule has 1 aromatic carbocycles. The molecule has 1 atom stereocenters. The first-order valence-corrected chi connectivity index (χ1v) is 8.42. The summed E-state index contributed by atoms with van der Waals surface area (Å²) in [5, 5.41) is 2.90. The van der Waals surface area contributed by atoms with Crippen LogP contribution in [0.15, 0.2) is 18.2 Å². The molecule has 25 heavy (non-hydrogen) atoms. The average Bonchev–Trinajstić information content (AvgIpc) is 2.52. The Kier molecular flexibility index (Phi) is 5.77. The Morgan fingerprint density at radius 3 is 2.68 bits per heavy atom. The minimum atomic E-state index is -0.541. The predicted octanol–water partition coefficient (Wildman–Crippen LogP) is 2.55. The number of carbonyl (C=O) groups excluding carboxylic acids is 2. The molecule has 1 amide bonds. The Balaban J connectivity index is 2.14. The van der Waals surface area contributed by atoms with Crippen molar-refractivity contribution < 1.29 is 19.1 Å². The third kappa shape index (κ3) is 5.01. The maximum absolute atomic E-state index is 12.1. The molecule has 1 saturated heterocycles. The van der Waals surface area contributed by atoms with E-state index in [2.05, 4.69) is 5.32 Å². The van der Waals surface area contributed by atoms with Gasteiger partial charge in [0, 0.05) is 19.1 Å². The summed E-state index contributed by atoms with van der Waals surface area (Å²) in [7, 11) is 1.35. The molecule has 2 rings (SSSR count). The number of esters is 1. The smallest absolute Gasteiger partial charge is 0.407 e. The molecular formula is C18H27N3O4. The van der Waals surface area contributed by atoms with Gasteiger partial charge in [-0.15, -0.1) is 0 Å². The van der Waals surface area contributed by atoms with Crippen LogP contribution < -0.4 is 16.0 Å². The highest BCUT2D eigenvalue weighted by molar-refractivity contribution is 5.99. The molecule has 0 bridgehead atoms. The van der Waals surface area contributed by atoms with E-state index in [1.807, 2.05) is 25.7 Å². The number of carbonyl (C=O) groups is 2. The van der Waals surface area contributed by atoms with E-state index in [1.54, 1.807) is 18.2 Å². The van der Waals surface area contributed by atoms with Crippen molar-refractivity contribution in [2.75, 3.05) is 30.8 Å². The number of nitrogens with two attached hydrogens (primary N) is 1. The molecule has 0 radical (unpaired) electrons. The monoisotopic (exact) mass is 349 g/mol. The lowest BCUT2D eigenvalue weighted by Crippen LogP contribution is -2.49. The summed E-state index contributed by atoms with van der Waals surface area (Å²) in [6, 6.07) is 5.11. The standard InChI is InChI=1S/C18H27N3O4/c1-18(2,3)25-17(23)20-12-7-6-10-21(11-12)15-13(16(22)24-4)8-5-9-14(15)19/h5,8-9,12H,6-7,10-11,19H2,1-4H3,(H,20,23).